The van der Waals surface area contributed by atoms with Gasteiger partial charge in [0.1, 0.15) is 5.69 Å². The summed E-state index contributed by atoms with van der Waals surface area (Å²) < 4.78 is 0. The molecule has 3 heterocycles. The molecule has 0 bridgehead atoms. The summed E-state index contributed by atoms with van der Waals surface area (Å²) in [5, 5.41) is 0. The van der Waals surface area contributed by atoms with E-state index in [1.807, 2.05) is 19.0 Å². The second-order valence-electron chi connectivity index (χ2n) is 6.75. The lowest BCUT2D eigenvalue weighted by Crippen LogP contribution is -2.41. The van der Waals surface area contributed by atoms with Gasteiger partial charge in [-0.15, -0.1) is 0 Å². The lowest BCUT2D eigenvalue weighted by Gasteiger charge is -2.31. The summed E-state index contributed by atoms with van der Waals surface area (Å²) in [6, 6.07) is 5.31. The molecule has 1 fully saturated rings. The predicted octanol–water partition coefficient (Wildman–Crippen LogP) is 2.07. The number of aromatic nitrogens is 3. The maximum atomic E-state index is 12.6. The zero-order valence-corrected chi connectivity index (χ0v) is 15.6. The third-order valence-electron chi connectivity index (χ3n) is 4.50. The molecular formula is C20H23N5O2. The van der Waals surface area contributed by atoms with E-state index in [2.05, 4.69) is 15.0 Å². The minimum atomic E-state index is -0.200. The highest BCUT2D eigenvalue weighted by molar-refractivity contribution is 5.97. The minimum absolute atomic E-state index is 0.00440. The first-order valence-electron chi connectivity index (χ1n) is 8.96. The van der Waals surface area contributed by atoms with Crippen LogP contribution in [0.2, 0.25) is 0 Å². The topological polar surface area (TPSA) is 79.3 Å². The summed E-state index contributed by atoms with van der Waals surface area (Å²) in [4.78, 5) is 41.2. The molecular weight excluding hydrogens is 342 g/mol. The molecule has 1 aliphatic heterocycles. The number of Topliss-reactive ketones (excluding diaryl/α,β-unsaturated/α-hetero) is 1. The van der Waals surface area contributed by atoms with Crippen molar-refractivity contribution in [1.82, 2.24) is 19.9 Å². The molecule has 0 N–H and O–H groups in total. The number of ketones is 1. The van der Waals surface area contributed by atoms with Gasteiger partial charge in [0.05, 0.1) is 0 Å². The number of rotatable bonds is 5. The van der Waals surface area contributed by atoms with E-state index in [0.29, 0.717) is 24.7 Å². The van der Waals surface area contributed by atoms with Gasteiger partial charge in [-0.05, 0) is 31.1 Å². The van der Waals surface area contributed by atoms with Crippen molar-refractivity contribution >= 4 is 23.7 Å². The van der Waals surface area contributed by atoms with Gasteiger partial charge in [0, 0.05) is 63.3 Å². The standard InChI is InChI=1S/C20H23N5O2/c1-24(2)20-22-12-15(13-23-20)8-9-18(26)25-11-5-6-16(14-25)19(27)17-7-3-4-10-21-17/h3-4,7-10,12-13,16H,5-6,11,14H2,1-2H3/b9-8+. The van der Waals surface area contributed by atoms with Gasteiger partial charge in [-0.1, -0.05) is 6.07 Å². The van der Waals surface area contributed by atoms with E-state index >= 15 is 0 Å². The molecule has 0 saturated carbocycles. The first-order chi connectivity index (χ1) is 13.0. The number of piperidine rings is 1. The monoisotopic (exact) mass is 365 g/mol. The Labute approximate surface area is 158 Å². The molecule has 1 aliphatic rings. The van der Waals surface area contributed by atoms with Crippen LogP contribution in [-0.4, -0.2) is 58.7 Å². The average molecular weight is 365 g/mol. The fourth-order valence-corrected chi connectivity index (χ4v) is 3.03. The van der Waals surface area contributed by atoms with Gasteiger partial charge in [0.2, 0.25) is 11.9 Å². The Morgan fingerprint density at radius 3 is 2.63 bits per heavy atom. The molecule has 1 unspecified atom stereocenters. The first kappa shape index (κ1) is 18.7. The first-order valence-corrected chi connectivity index (χ1v) is 8.96. The summed E-state index contributed by atoms with van der Waals surface area (Å²) in [6.07, 6.45) is 9.77. The second-order valence-corrected chi connectivity index (χ2v) is 6.75. The van der Waals surface area contributed by atoms with Crippen LogP contribution in [0.3, 0.4) is 0 Å². The van der Waals surface area contributed by atoms with Crippen molar-refractivity contribution in [3.05, 3.63) is 54.1 Å². The lowest BCUT2D eigenvalue weighted by molar-refractivity contribution is -0.127. The number of carbonyl (C=O) groups excluding carboxylic acids is 2. The number of anilines is 1. The molecule has 0 aromatic carbocycles. The molecule has 7 heteroatoms. The van der Waals surface area contributed by atoms with E-state index in [1.165, 1.54) is 6.08 Å². The smallest absolute Gasteiger partial charge is 0.246 e. The molecule has 0 aliphatic carbocycles. The number of hydrogen-bond donors (Lipinski definition) is 0. The van der Waals surface area contributed by atoms with E-state index in [0.717, 1.165) is 18.4 Å². The summed E-state index contributed by atoms with van der Waals surface area (Å²) in [6.45, 7) is 1.08. The summed E-state index contributed by atoms with van der Waals surface area (Å²) in [7, 11) is 3.74. The van der Waals surface area contributed by atoms with Crippen molar-refractivity contribution in [2.24, 2.45) is 5.92 Å². The van der Waals surface area contributed by atoms with Crippen LogP contribution in [0.25, 0.3) is 6.08 Å². The van der Waals surface area contributed by atoms with Crippen LogP contribution < -0.4 is 4.90 Å². The van der Waals surface area contributed by atoms with Crippen molar-refractivity contribution < 1.29 is 9.59 Å². The van der Waals surface area contributed by atoms with Crippen LogP contribution in [0, 0.1) is 5.92 Å². The van der Waals surface area contributed by atoms with E-state index in [4.69, 9.17) is 0 Å². The highest BCUT2D eigenvalue weighted by Gasteiger charge is 2.28. The third kappa shape index (κ3) is 4.75. The molecule has 7 nitrogen and oxygen atoms in total. The zero-order chi connectivity index (χ0) is 19.2. The van der Waals surface area contributed by atoms with Gasteiger partial charge >= 0.3 is 0 Å². The van der Waals surface area contributed by atoms with Crippen LogP contribution in [0.15, 0.2) is 42.9 Å². The van der Waals surface area contributed by atoms with Crippen LogP contribution in [-0.2, 0) is 4.79 Å². The Hall–Kier alpha value is -3.09. The van der Waals surface area contributed by atoms with Gasteiger partial charge < -0.3 is 9.80 Å². The normalized spacial score (nSPS) is 17.1. The van der Waals surface area contributed by atoms with E-state index < -0.39 is 0 Å². The second kappa shape index (κ2) is 8.53. The Bertz CT molecular complexity index is 818. The molecule has 1 atom stereocenters. The number of hydrogen-bond acceptors (Lipinski definition) is 6. The molecule has 1 amide bonds. The maximum Gasteiger partial charge on any atom is 0.246 e. The molecule has 0 radical (unpaired) electrons. The minimum Gasteiger partial charge on any atom is -0.347 e. The summed E-state index contributed by atoms with van der Waals surface area (Å²) in [5.41, 5.74) is 1.22. The number of pyridine rings is 1. The third-order valence-corrected chi connectivity index (χ3v) is 4.50. The molecule has 2 aromatic heterocycles. The van der Waals surface area contributed by atoms with Crippen molar-refractivity contribution in [3.63, 3.8) is 0 Å². The van der Waals surface area contributed by atoms with Crippen LogP contribution >= 0.6 is 0 Å². The highest BCUT2D eigenvalue weighted by atomic mass is 16.2. The Morgan fingerprint density at radius 2 is 1.96 bits per heavy atom. The van der Waals surface area contributed by atoms with Crippen molar-refractivity contribution in [1.29, 1.82) is 0 Å². The highest BCUT2D eigenvalue weighted by Crippen LogP contribution is 2.20. The summed E-state index contributed by atoms with van der Waals surface area (Å²) in [5.74, 6) is 0.314. The van der Waals surface area contributed by atoms with Gasteiger partial charge in [-0.25, -0.2) is 9.97 Å². The van der Waals surface area contributed by atoms with Crippen LogP contribution in [0.4, 0.5) is 5.95 Å². The van der Waals surface area contributed by atoms with Crippen molar-refractivity contribution in [3.8, 4) is 0 Å². The van der Waals surface area contributed by atoms with Gasteiger partial charge in [0.15, 0.2) is 5.78 Å². The molecule has 3 rings (SSSR count). The van der Waals surface area contributed by atoms with Gasteiger partial charge in [-0.3, -0.25) is 14.6 Å². The Morgan fingerprint density at radius 1 is 1.19 bits per heavy atom. The quantitative estimate of drug-likeness (QED) is 0.596. The average Bonchev–Trinajstić information content (AvgIpc) is 2.72. The SMILES string of the molecule is CN(C)c1ncc(/C=C/C(=O)N2CCCC(C(=O)c3ccccn3)C2)cn1. The molecule has 0 spiro atoms. The number of carbonyl (C=O) groups is 2. The largest absolute Gasteiger partial charge is 0.347 e. The van der Waals surface area contributed by atoms with E-state index in [1.54, 1.807) is 47.8 Å². The molecule has 140 valence electrons. The summed E-state index contributed by atoms with van der Waals surface area (Å²) >= 11 is 0. The van der Waals surface area contributed by atoms with Gasteiger partial charge in [0.25, 0.3) is 0 Å². The molecule has 1 saturated heterocycles. The predicted molar refractivity (Wildman–Crippen MR) is 103 cm³/mol. The Kier molecular flexibility index (Phi) is 5.90. The maximum absolute atomic E-state index is 12.6. The van der Waals surface area contributed by atoms with Crippen LogP contribution in [0.5, 0.6) is 0 Å². The van der Waals surface area contributed by atoms with E-state index in [9.17, 15) is 9.59 Å². The van der Waals surface area contributed by atoms with Crippen molar-refractivity contribution in [2.45, 2.75) is 12.8 Å². The van der Waals surface area contributed by atoms with Crippen LogP contribution in [0.1, 0.15) is 28.9 Å². The number of likely N-dealkylation sites (tertiary alicyclic amines) is 1. The zero-order valence-electron chi connectivity index (χ0n) is 15.6. The van der Waals surface area contributed by atoms with Gasteiger partial charge in [-0.2, -0.15) is 0 Å². The Balaban J connectivity index is 1.62. The van der Waals surface area contributed by atoms with E-state index in [-0.39, 0.29) is 17.6 Å². The fourth-order valence-electron chi connectivity index (χ4n) is 3.03. The molecule has 27 heavy (non-hydrogen) atoms. The van der Waals surface area contributed by atoms with Crippen molar-refractivity contribution in [2.75, 3.05) is 32.1 Å². The molecule has 2 aromatic rings. The number of nitrogens with zero attached hydrogens (tertiary/aromatic N) is 5. The lowest BCUT2D eigenvalue weighted by atomic mass is 9.92. The number of amides is 1. The fraction of sp³-hybridized carbons (Fsp3) is 0.350.